The van der Waals surface area contributed by atoms with Crippen LogP contribution in [0.4, 0.5) is 4.39 Å². The molecule has 88 valence electrons. The molecule has 1 heterocycles. The Balaban J connectivity index is 1.73. The standard InChI is InChI=1S/C13H18FNS/c14-13-6-2-1-5-12(13)10-16-9-11-4-3-7-15-8-11/h1-2,5-6,11,15H,3-4,7-10H2. The van der Waals surface area contributed by atoms with Crippen molar-refractivity contribution in [2.45, 2.75) is 18.6 Å². The molecule has 0 radical (unpaired) electrons. The van der Waals surface area contributed by atoms with Crippen LogP contribution >= 0.6 is 11.8 Å². The molecular formula is C13H18FNS. The van der Waals surface area contributed by atoms with Crippen LogP contribution in [0.25, 0.3) is 0 Å². The van der Waals surface area contributed by atoms with Crippen molar-refractivity contribution in [2.24, 2.45) is 5.92 Å². The van der Waals surface area contributed by atoms with Gasteiger partial charge in [0, 0.05) is 5.75 Å². The number of benzene rings is 1. The molecule has 1 nitrogen and oxygen atoms in total. The summed E-state index contributed by atoms with van der Waals surface area (Å²) in [4.78, 5) is 0. The molecule has 0 aliphatic carbocycles. The second kappa shape index (κ2) is 6.26. The van der Waals surface area contributed by atoms with Crippen molar-refractivity contribution in [3.05, 3.63) is 35.6 Å². The molecule has 1 unspecified atom stereocenters. The van der Waals surface area contributed by atoms with Crippen LogP contribution in [0.15, 0.2) is 24.3 Å². The number of nitrogens with one attached hydrogen (secondary N) is 1. The summed E-state index contributed by atoms with van der Waals surface area (Å²) in [5.41, 5.74) is 0.830. The Bertz CT molecular complexity index is 323. The van der Waals surface area contributed by atoms with Gasteiger partial charge in [0.05, 0.1) is 0 Å². The van der Waals surface area contributed by atoms with Gasteiger partial charge in [-0.15, -0.1) is 0 Å². The molecule has 0 bridgehead atoms. The van der Waals surface area contributed by atoms with Crippen LogP contribution in [0.1, 0.15) is 18.4 Å². The Labute approximate surface area is 101 Å². The summed E-state index contributed by atoms with van der Waals surface area (Å²) in [6.07, 6.45) is 2.60. The number of halogens is 1. The lowest BCUT2D eigenvalue weighted by Crippen LogP contribution is -2.30. The zero-order valence-electron chi connectivity index (χ0n) is 9.42. The van der Waals surface area contributed by atoms with Crippen molar-refractivity contribution in [2.75, 3.05) is 18.8 Å². The molecule has 3 heteroatoms. The van der Waals surface area contributed by atoms with Crippen molar-refractivity contribution in [1.82, 2.24) is 5.32 Å². The summed E-state index contributed by atoms with van der Waals surface area (Å²) in [5, 5.41) is 3.41. The lowest BCUT2D eigenvalue weighted by molar-refractivity contribution is 0.410. The average molecular weight is 239 g/mol. The minimum atomic E-state index is -0.0724. The highest BCUT2D eigenvalue weighted by Crippen LogP contribution is 2.21. The normalized spacial score (nSPS) is 20.9. The van der Waals surface area contributed by atoms with Crippen molar-refractivity contribution in [3.63, 3.8) is 0 Å². The van der Waals surface area contributed by atoms with E-state index in [9.17, 15) is 4.39 Å². The maximum absolute atomic E-state index is 13.3. The largest absolute Gasteiger partial charge is 0.316 e. The third kappa shape index (κ3) is 3.49. The molecular weight excluding hydrogens is 221 g/mol. The third-order valence-electron chi connectivity index (χ3n) is 2.97. The molecule has 0 saturated carbocycles. The summed E-state index contributed by atoms with van der Waals surface area (Å²) >= 11 is 1.85. The minimum Gasteiger partial charge on any atom is -0.316 e. The van der Waals surface area contributed by atoms with E-state index in [1.54, 1.807) is 6.07 Å². The van der Waals surface area contributed by atoms with Crippen LogP contribution in [-0.2, 0) is 5.75 Å². The lowest BCUT2D eigenvalue weighted by atomic mass is 10.0. The van der Waals surface area contributed by atoms with Crippen molar-refractivity contribution < 1.29 is 4.39 Å². The number of thioether (sulfide) groups is 1. The SMILES string of the molecule is Fc1ccccc1CSCC1CCCNC1. The van der Waals surface area contributed by atoms with Gasteiger partial charge in [0.15, 0.2) is 0 Å². The van der Waals surface area contributed by atoms with Gasteiger partial charge in [0.2, 0.25) is 0 Å². The Morgan fingerprint density at radius 1 is 1.38 bits per heavy atom. The molecule has 0 amide bonds. The minimum absolute atomic E-state index is 0.0724. The monoisotopic (exact) mass is 239 g/mol. The van der Waals surface area contributed by atoms with E-state index in [1.807, 2.05) is 23.9 Å². The van der Waals surface area contributed by atoms with Gasteiger partial charge in [-0.2, -0.15) is 11.8 Å². The van der Waals surface area contributed by atoms with Crippen molar-refractivity contribution in [1.29, 1.82) is 0 Å². The molecule has 1 N–H and O–H groups in total. The quantitative estimate of drug-likeness (QED) is 0.866. The van der Waals surface area contributed by atoms with Gasteiger partial charge in [-0.3, -0.25) is 0 Å². The van der Waals surface area contributed by atoms with Gasteiger partial charge in [-0.1, -0.05) is 18.2 Å². The molecule has 1 saturated heterocycles. The van der Waals surface area contributed by atoms with Crippen LogP contribution in [0.3, 0.4) is 0 Å². The van der Waals surface area contributed by atoms with E-state index in [4.69, 9.17) is 0 Å². The van der Waals surface area contributed by atoms with E-state index in [0.29, 0.717) is 0 Å². The first-order valence-corrected chi connectivity index (χ1v) is 7.03. The lowest BCUT2D eigenvalue weighted by Gasteiger charge is -2.22. The number of rotatable bonds is 4. The molecule has 1 atom stereocenters. The molecule has 1 fully saturated rings. The first-order valence-electron chi connectivity index (χ1n) is 5.88. The molecule has 16 heavy (non-hydrogen) atoms. The molecule has 1 aromatic rings. The molecule has 2 rings (SSSR count). The zero-order chi connectivity index (χ0) is 11.2. The zero-order valence-corrected chi connectivity index (χ0v) is 10.2. The van der Waals surface area contributed by atoms with Gasteiger partial charge >= 0.3 is 0 Å². The third-order valence-corrected chi connectivity index (χ3v) is 4.19. The predicted octanol–water partition coefficient (Wildman–Crippen LogP) is 3.06. The summed E-state index contributed by atoms with van der Waals surface area (Å²) in [6.45, 7) is 2.29. The first-order chi connectivity index (χ1) is 7.86. The second-order valence-electron chi connectivity index (χ2n) is 4.32. The van der Waals surface area contributed by atoms with Crippen LogP contribution < -0.4 is 5.32 Å². The highest BCUT2D eigenvalue weighted by Gasteiger charge is 2.12. The van der Waals surface area contributed by atoms with E-state index in [2.05, 4.69) is 5.32 Å². The fourth-order valence-corrected chi connectivity index (χ4v) is 3.21. The fourth-order valence-electron chi connectivity index (χ4n) is 2.02. The maximum atomic E-state index is 13.3. The van der Waals surface area contributed by atoms with Gasteiger partial charge in [0.25, 0.3) is 0 Å². The number of piperidine rings is 1. The Hall–Kier alpha value is -0.540. The number of hydrogen-bond donors (Lipinski definition) is 1. The van der Waals surface area contributed by atoms with Crippen LogP contribution in [0, 0.1) is 11.7 Å². The Morgan fingerprint density at radius 3 is 3.00 bits per heavy atom. The Kier molecular flexibility index (Phi) is 4.67. The van der Waals surface area contributed by atoms with Crippen LogP contribution in [0.5, 0.6) is 0 Å². The van der Waals surface area contributed by atoms with E-state index >= 15 is 0 Å². The summed E-state index contributed by atoms with van der Waals surface area (Å²) in [7, 11) is 0. The maximum Gasteiger partial charge on any atom is 0.127 e. The van der Waals surface area contributed by atoms with Crippen molar-refractivity contribution in [3.8, 4) is 0 Å². The summed E-state index contributed by atoms with van der Waals surface area (Å²) in [5.74, 6) is 2.63. The average Bonchev–Trinajstić information content (AvgIpc) is 2.33. The highest BCUT2D eigenvalue weighted by atomic mass is 32.2. The summed E-state index contributed by atoms with van der Waals surface area (Å²) < 4.78 is 13.3. The van der Waals surface area contributed by atoms with Gasteiger partial charge < -0.3 is 5.32 Å². The molecule has 1 aliphatic heterocycles. The van der Waals surface area contributed by atoms with Crippen LogP contribution in [-0.4, -0.2) is 18.8 Å². The van der Waals surface area contributed by atoms with Gasteiger partial charge in [0.1, 0.15) is 5.82 Å². The molecule has 0 spiro atoms. The second-order valence-corrected chi connectivity index (χ2v) is 5.35. The Morgan fingerprint density at radius 2 is 2.25 bits per heavy atom. The van der Waals surface area contributed by atoms with Gasteiger partial charge in [-0.25, -0.2) is 4.39 Å². The van der Waals surface area contributed by atoms with E-state index < -0.39 is 0 Å². The van der Waals surface area contributed by atoms with E-state index in [1.165, 1.54) is 18.9 Å². The number of hydrogen-bond acceptors (Lipinski definition) is 2. The molecule has 1 aromatic carbocycles. The van der Waals surface area contributed by atoms with Crippen LogP contribution in [0.2, 0.25) is 0 Å². The smallest absolute Gasteiger partial charge is 0.127 e. The van der Waals surface area contributed by atoms with E-state index in [0.717, 1.165) is 36.1 Å². The molecule has 0 aromatic heterocycles. The fraction of sp³-hybridized carbons (Fsp3) is 0.538. The van der Waals surface area contributed by atoms with Gasteiger partial charge in [-0.05, 0) is 49.2 Å². The van der Waals surface area contributed by atoms with Crippen molar-refractivity contribution >= 4 is 11.8 Å². The first kappa shape index (κ1) is 11.9. The molecule has 1 aliphatic rings. The topological polar surface area (TPSA) is 12.0 Å². The van der Waals surface area contributed by atoms with E-state index in [-0.39, 0.29) is 5.82 Å². The summed E-state index contributed by atoms with van der Waals surface area (Å²) in [6, 6.07) is 7.06. The predicted molar refractivity (Wildman–Crippen MR) is 68.2 cm³/mol. The highest BCUT2D eigenvalue weighted by molar-refractivity contribution is 7.98.